The fourth-order valence-electron chi connectivity index (χ4n) is 1.82. The van der Waals surface area contributed by atoms with Crippen LogP contribution < -0.4 is 0 Å². The van der Waals surface area contributed by atoms with Crippen molar-refractivity contribution in [2.24, 2.45) is 17.8 Å². The fourth-order valence-corrected chi connectivity index (χ4v) is 1.82. The van der Waals surface area contributed by atoms with Crippen LogP contribution in [0.15, 0.2) is 0 Å². The molecule has 0 atom stereocenters. The van der Waals surface area contributed by atoms with Crippen LogP contribution in [0.2, 0.25) is 0 Å². The molecule has 0 aliphatic carbocycles. The van der Waals surface area contributed by atoms with E-state index in [9.17, 15) is 0 Å². The van der Waals surface area contributed by atoms with Crippen LogP contribution in [0.4, 0.5) is 0 Å². The van der Waals surface area contributed by atoms with Crippen molar-refractivity contribution in [3.8, 4) is 0 Å². The maximum absolute atomic E-state index is 5.39. The smallest absolute Gasteiger partial charge is 0.147 e. The molecular formula is C27H64O4. The minimum absolute atomic E-state index is 0. The van der Waals surface area contributed by atoms with E-state index in [1.807, 2.05) is 13.8 Å². The first kappa shape index (κ1) is 41.1. The maximum Gasteiger partial charge on any atom is 0.147 e. The summed E-state index contributed by atoms with van der Waals surface area (Å²) in [5.74, 6) is 2.18. The first-order chi connectivity index (χ1) is 13.4. The van der Waals surface area contributed by atoms with Crippen LogP contribution >= 0.6 is 0 Å². The van der Waals surface area contributed by atoms with Gasteiger partial charge in [-0.1, -0.05) is 56.4 Å². The van der Waals surface area contributed by atoms with Crippen LogP contribution in [0.1, 0.15) is 117 Å². The van der Waals surface area contributed by atoms with Gasteiger partial charge in [0.2, 0.25) is 0 Å². The molecule has 0 saturated heterocycles. The molecule has 0 aliphatic heterocycles. The van der Waals surface area contributed by atoms with Gasteiger partial charge >= 0.3 is 0 Å². The Morgan fingerprint density at radius 2 is 0.903 bits per heavy atom. The Kier molecular flexibility index (Phi) is 39.6. The molecule has 0 bridgehead atoms. The molecule has 0 aromatic heterocycles. The van der Waals surface area contributed by atoms with Gasteiger partial charge in [-0.2, -0.15) is 0 Å². The highest BCUT2D eigenvalue weighted by Crippen LogP contribution is 2.04. The Bertz CT molecular complexity index is 239. The summed E-state index contributed by atoms with van der Waals surface area (Å²) in [6, 6.07) is 0. The van der Waals surface area contributed by atoms with Gasteiger partial charge in [0, 0.05) is 13.2 Å². The molecule has 0 aliphatic rings. The third-order valence-electron chi connectivity index (χ3n) is 3.46. The van der Waals surface area contributed by atoms with Gasteiger partial charge < -0.3 is 18.9 Å². The van der Waals surface area contributed by atoms with E-state index in [1.54, 1.807) is 0 Å². The van der Waals surface area contributed by atoms with Crippen LogP contribution in [0, 0.1) is 17.8 Å². The lowest BCUT2D eigenvalue weighted by molar-refractivity contribution is -0.0847. The number of ether oxygens (including phenoxy) is 4. The zero-order chi connectivity index (χ0) is 23.2. The van der Waals surface area contributed by atoms with Crippen LogP contribution in [0.5, 0.6) is 0 Å². The molecule has 4 heteroatoms. The van der Waals surface area contributed by atoms with Gasteiger partial charge in [-0.3, -0.25) is 0 Å². The lowest BCUT2D eigenvalue weighted by Crippen LogP contribution is -2.10. The first-order valence-electron chi connectivity index (χ1n) is 11.8. The Balaban J connectivity index is -0.000000106. The number of rotatable bonds is 14. The molecule has 0 aromatic carbocycles. The highest BCUT2D eigenvalue weighted by molar-refractivity contribution is 4.46. The molecule has 0 spiro atoms. The van der Waals surface area contributed by atoms with Gasteiger partial charge in [0.1, 0.15) is 6.79 Å². The van der Waals surface area contributed by atoms with Crippen molar-refractivity contribution >= 4 is 0 Å². The quantitative estimate of drug-likeness (QED) is 0.195. The summed E-state index contributed by atoms with van der Waals surface area (Å²) in [6.07, 6.45) is 4.73. The summed E-state index contributed by atoms with van der Waals surface area (Å²) < 4.78 is 21.1. The normalized spacial score (nSPS) is 10.6. The SMILES string of the molecule is C.C.CC(C)CCCOC(C)C.CC(C)CCOC(C)C.CC(C)COCOC(C)C. The van der Waals surface area contributed by atoms with E-state index in [1.165, 1.54) is 19.3 Å². The Labute approximate surface area is 199 Å². The molecule has 0 amide bonds. The topological polar surface area (TPSA) is 36.9 Å². The molecule has 0 N–H and O–H groups in total. The van der Waals surface area contributed by atoms with E-state index in [2.05, 4.69) is 69.2 Å². The van der Waals surface area contributed by atoms with Crippen LogP contribution in [0.25, 0.3) is 0 Å². The zero-order valence-electron chi connectivity index (χ0n) is 22.0. The van der Waals surface area contributed by atoms with Crippen molar-refractivity contribution in [3.05, 3.63) is 0 Å². The maximum atomic E-state index is 5.39. The fraction of sp³-hybridized carbons (Fsp3) is 1.00. The number of hydrogen-bond donors (Lipinski definition) is 0. The standard InChI is InChI=1S/C9H20O.C8H18O2.C8H18O.2CH4/c1-8(2)6-5-7-10-9(3)4;1-7(2)5-9-6-10-8(3)4;1-7(2)5-6-9-8(3)4;;/h8-9H,5-7H2,1-4H3;7-8H,5-6H2,1-4H3;7-8H,5-6H2,1-4H3;2*1H4. The molecule has 0 fully saturated rings. The van der Waals surface area contributed by atoms with Gasteiger partial charge in [0.05, 0.1) is 24.9 Å². The van der Waals surface area contributed by atoms with Gasteiger partial charge in [-0.15, -0.1) is 0 Å². The molecule has 0 rings (SSSR count). The van der Waals surface area contributed by atoms with Crippen molar-refractivity contribution in [2.45, 2.75) is 136 Å². The van der Waals surface area contributed by atoms with Crippen molar-refractivity contribution in [1.29, 1.82) is 0 Å². The monoisotopic (exact) mass is 452 g/mol. The molecule has 0 heterocycles. The van der Waals surface area contributed by atoms with Crippen molar-refractivity contribution < 1.29 is 18.9 Å². The van der Waals surface area contributed by atoms with Gasteiger partial charge in [0.25, 0.3) is 0 Å². The average Bonchev–Trinajstić information content (AvgIpc) is 2.55. The van der Waals surface area contributed by atoms with E-state index in [4.69, 9.17) is 18.9 Å². The highest BCUT2D eigenvalue weighted by Gasteiger charge is 1.96. The average molecular weight is 453 g/mol. The second-order valence-electron chi connectivity index (χ2n) is 9.66. The summed E-state index contributed by atoms with van der Waals surface area (Å²) in [4.78, 5) is 0. The van der Waals surface area contributed by atoms with Gasteiger partial charge in [0.15, 0.2) is 0 Å². The van der Waals surface area contributed by atoms with Crippen molar-refractivity contribution in [2.75, 3.05) is 26.6 Å². The van der Waals surface area contributed by atoms with Crippen molar-refractivity contribution in [1.82, 2.24) is 0 Å². The highest BCUT2D eigenvalue weighted by atomic mass is 16.7. The lowest BCUT2D eigenvalue weighted by atomic mass is 10.1. The van der Waals surface area contributed by atoms with E-state index >= 15 is 0 Å². The third-order valence-corrected chi connectivity index (χ3v) is 3.46. The second kappa shape index (κ2) is 29.8. The molecule has 4 nitrogen and oxygen atoms in total. The van der Waals surface area contributed by atoms with Gasteiger partial charge in [-0.25, -0.2) is 0 Å². The first-order valence-corrected chi connectivity index (χ1v) is 11.8. The van der Waals surface area contributed by atoms with E-state index in [0.29, 0.717) is 24.9 Å². The molecule has 0 aromatic rings. The predicted octanol–water partition coefficient (Wildman–Crippen LogP) is 8.62. The molecule has 0 saturated carbocycles. The minimum atomic E-state index is 0. The Morgan fingerprint density at radius 1 is 0.484 bits per heavy atom. The van der Waals surface area contributed by atoms with Crippen LogP contribution in [-0.4, -0.2) is 44.9 Å². The van der Waals surface area contributed by atoms with E-state index in [0.717, 1.165) is 31.7 Å². The van der Waals surface area contributed by atoms with Crippen LogP contribution in [0.3, 0.4) is 0 Å². The van der Waals surface area contributed by atoms with E-state index < -0.39 is 0 Å². The van der Waals surface area contributed by atoms with Crippen molar-refractivity contribution in [3.63, 3.8) is 0 Å². The number of hydrogen-bond acceptors (Lipinski definition) is 4. The second-order valence-corrected chi connectivity index (χ2v) is 9.66. The third kappa shape index (κ3) is 58.8. The molecular weight excluding hydrogens is 388 g/mol. The van der Waals surface area contributed by atoms with Crippen LogP contribution in [-0.2, 0) is 18.9 Å². The van der Waals surface area contributed by atoms with Gasteiger partial charge in [-0.05, 0) is 78.6 Å². The Hall–Kier alpha value is -0.160. The largest absolute Gasteiger partial charge is 0.379 e. The molecule has 31 heavy (non-hydrogen) atoms. The summed E-state index contributed by atoms with van der Waals surface area (Å²) in [5.41, 5.74) is 0. The summed E-state index contributed by atoms with van der Waals surface area (Å²) in [5, 5.41) is 0. The van der Waals surface area contributed by atoms with E-state index in [-0.39, 0.29) is 21.0 Å². The molecule has 0 unspecified atom stereocenters. The minimum Gasteiger partial charge on any atom is -0.379 e. The lowest BCUT2D eigenvalue weighted by Gasteiger charge is -2.09. The Morgan fingerprint density at radius 3 is 1.26 bits per heavy atom. The predicted molar refractivity (Wildman–Crippen MR) is 141 cm³/mol. The summed E-state index contributed by atoms with van der Waals surface area (Å²) in [6.45, 7) is 28.5. The molecule has 196 valence electrons. The zero-order valence-corrected chi connectivity index (χ0v) is 22.0. The summed E-state index contributed by atoms with van der Waals surface area (Å²) >= 11 is 0. The molecule has 0 radical (unpaired) electrons. The summed E-state index contributed by atoms with van der Waals surface area (Å²) in [7, 11) is 0.